The van der Waals surface area contributed by atoms with Gasteiger partial charge in [0.1, 0.15) is 5.69 Å². The van der Waals surface area contributed by atoms with Crippen molar-refractivity contribution in [3.05, 3.63) is 77.6 Å². The van der Waals surface area contributed by atoms with E-state index in [1.54, 1.807) is 25.4 Å². The van der Waals surface area contributed by atoms with Gasteiger partial charge in [0.25, 0.3) is 11.8 Å². The standard InChI is InChI=1S/C22H21N3O2/c1-23-21(26)17-8-6-15(7-9-17)14-25(18-10-11-18)22(27)20-19-5-3-2-4-16(19)12-13-24-20/h2-9,12-13,18H,10-11,14H2,1H3,(H,23,26). The molecule has 1 saturated carbocycles. The minimum Gasteiger partial charge on any atom is -0.355 e. The Hall–Kier alpha value is -3.21. The summed E-state index contributed by atoms with van der Waals surface area (Å²) in [5, 5.41) is 4.51. The SMILES string of the molecule is CNC(=O)c1ccc(CN(C(=O)c2nccc3ccccc23)C2CC2)cc1. The van der Waals surface area contributed by atoms with Crippen molar-refractivity contribution >= 4 is 22.6 Å². The first kappa shape index (κ1) is 17.2. The van der Waals surface area contributed by atoms with Crippen molar-refractivity contribution in [1.82, 2.24) is 15.2 Å². The van der Waals surface area contributed by atoms with Gasteiger partial charge in [-0.2, -0.15) is 0 Å². The number of carbonyl (C=O) groups excluding carboxylic acids is 2. The normalized spacial score (nSPS) is 13.4. The van der Waals surface area contributed by atoms with Gasteiger partial charge in [-0.3, -0.25) is 14.6 Å². The predicted molar refractivity (Wildman–Crippen MR) is 104 cm³/mol. The second-order valence-electron chi connectivity index (χ2n) is 6.82. The number of rotatable bonds is 5. The zero-order valence-corrected chi connectivity index (χ0v) is 15.2. The van der Waals surface area contributed by atoms with E-state index in [1.807, 2.05) is 47.4 Å². The number of carbonyl (C=O) groups is 2. The Balaban J connectivity index is 1.61. The average Bonchev–Trinajstić information content (AvgIpc) is 3.56. The van der Waals surface area contributed by atoms with Crippen molar-refractivity contribution in [2.45, 2.75) is 25.4 Å². The molecule has 1 fully saturated rings. The molecule has 0 unspecified atom stereocenters. The number of benzene rings is 2. The van der Waals surface area contributed by atoms with Crippen LogP contribution in [0, 0.1) is 0 Å². The van der Waals surface area contributed by atoms with Gasteiger partial charge < -0.3 is 10.2 Å². The highest BCUT2D eigenvalue weighted by Gasteiger charge is 2.34. The fraction of sp³-hybridized carbons (Fsp3) is 0.227. The molecule has 4 rings (SSSR count). The molecule has 5 heteroatoms. The minimum atomic E-state index is -0.114. The number of aromatic nitrogens is 1. The van der Waals surface area contributed by atoms with Crippen LogP contribution in [0.4, 0.5) is 0 Å². The molecule has 0 aliphatic heterocycles. The van der Waals surface area contributed by atoms with Gasteiger partial charge in [0.2, 0.25) is 0 Å². The number of hydrogen-bond donors (Lipinski definition) is 1. The second-order valence-corrected chi connectivity index (χ2v) is 6.82. The molecular formula is C22H21N3O2. The predicted octanol–water partition coefficient (Wildman–Crippen LogP) is 3.40. The maximum Gasteiger partial charge on any atom is 0.273 e. The third-order valence-corrected chi connectivity index (χ3v) is 4.92. The molecule has 1 N–H and O–H groups in total. The third-order valence-electron chi connectivity index (χ3n) is 4.92. The number of hydrogen-bond acceptors (Lipinski definition) is 3. The van der Waals surface area contributed by atoms with E-state index in [-0.39, 0.29) is 17.9 Å². The molecule has 2 amide bonds. The summed E-state index contributed by atoms with van der Waals surface area (Å²) >= 11 is 0. The Morgan fingerprint density at radius 3 is 2.52 bits per heavy atom. The molecule has 1 aliphatic rings. The Bertz CT molecular complexity index is 989. The Morgan fingerprint density at radius 1 is 1.07 bits per heavy atom. The third kappa shape index (κ3) is 3.53. The molecule has 136 valence electrons. The van der Waals surface area contributed by atoms with Crippen LogP contribution in [0.15, 0.2) is 60.8 Å². The van der Waals surface area contributed by atoms with E-state index < -0.39 is 0 Å². The summed E-state index contributed by atoms with van der Waals surface area (Å²) in [5.41, 5.74) is 2.12. The van der Waals surface area contributed by atoms with Gasteiger partial charge in [-0.25, -0.2) is 0 Å². The van der Waals surface area contributed by atoms with Crippen LogP contribution in [0.25, 0.3) is 10.8 Å². The second kappa shape index (κ2) is 7.19. The van der Waals surface area contributed by atoms with E-state index in [1.165, 1.54) is 0 Å². The van der Waals surface area contributed by atoms with Gasteiger partial charge in [-0.1, -0.05) is 36.4 Å². The van der Waals surface area contributed by atoms with E-state index in [4.69, 9.17) is 0 Å². The molecular weight excluding hydrogens is 338 g/mol. The molecule has 0 bridgehead atoms. The van der Waals surface area contributed by atoms with Crippen LogP contribution in [-0.4, -0.2) is 34.8 Å². The summed E-state index contributed by atoms with van der Waals surface area (Å²) in [5.74, 6) is -0.152. The Morgan fingerprint density at radius 2 is 1.81 bits per heavy atom. The van der Waals surface area contributed by atoms with Crippen molar-refractivity contribution in [2.24, 2.45) is 0 Å². The zero-order chi connectivity index (χ0) is 18.8. The molecule has 0 radical (unpaired) electrons. The van der Waals surface area contributed by atoms with Crippen molar-refractivity contribution in [3.8, 4) is 0 Å². The van der Waals surface area contributed by atoms with Crippen molar-refractivity contribution in [2.75, 3.05) is 7.05 Å². The fourth-order valence-electron chi connectivity index (χ4n) is 3.28. The molecule has 0 atom stereocenters. The first-order chi connectivity index (χ1) is 13.2. The highest BCUT2D eigenvalue weighted by atomic mass is 16.2. The Kier molecular flexibility index (Phi) is 4.59. The van der Waals surface area contributed by atoms with Gasteiger partial charge in [0.05, 0.1) is 0 Å². The van der Waals surface area contributed by atoms with Gasteiger partial charge in [-0.05, 0) is 42.0 Å². The van der Waals surface area contributed by atoms with E-state index in [9.17, 15) is 9.59 Å². The van der Waals surface area contributed by atoms with Crippen LogP contribution < -0.4 is 5.32 Å². The first-order valence-corrected chi connectivity index (χ1v) is 9.13. The molecule has 3 aromatic rings. The molecule has 1 heterocycles. The maximum absolute atomic E-state index is 13.3. The summed E-state index contributed by atoms with van der Waals surface area (Å²) in [6.45, 7) is 0.516. The maximum atomic E-state index is 13.3. The van der Waals surface area contributed by atoms with E-state index in [0.717, 1.165) is 29.2 Å². The van der Waals surface area contributed by atoms with Crippen LogP contribution in [0.2, 0.25) is 0 Å². The van der Waals surface area contributed by atoms with Gasteiger partial charge in [0.15, 0.2) is 0 Å². The van der Waals surface area contributed by atoms with Gasteiger partial charge in [-0.15, -0.1) is 0 Å². The molecule has 0 spiro atoms. The smallest absolute Gasteiger partial charge is 0.273 e. The number of nitrogens with zero attached hydrogens (tertiary/aromatic N) is 2. The van der Waals surface area contributed by atoms with E-state index in [0.29, 0.717) is 17.8 Å². The molecule has 1 aromatic heterocycles. The van der Waals surface area contributed by atoms with Crippen LogP contribution in [0.3, 0.4) is 0 Å². The van der Waals surface area contributed by atoms with Crippen molar-refractivity contribution in [1.29, 1.82) is 0 Å². The van der Waals surface area contributed by atoms with E-state index >= 15 is 0 Å². The summed E-state index contributed by atoms with van der Waals surface area (Å²) in [4.78, 5) is 31.3. The number of amides is 2. The van der Waals surface area contributed by atoms with Crippen LogP contribution >= 0.6 is 0 Å². The minimum absolute atomic E-state index is 0.0373. The van der Waals surface area contributed by atoms with Crippen molar-refractivity contribution < 1.29 is 9.59 Å². The molecule has 2 aromatic carbocycles. The van der Waals surface area contributed by atoms with Crippen LogP contribution in [-0.2, 0) is 6.54 Å². The molecule has 27 heavy (non-hydrogen) atoms. The number of fused-ring (bicyclic) bond motifs is 1. The molecule has 5 nitrogen and oxygen atoms in total. The largest absolute Gasteiger partial charge is 0.355 e. The summed E-state index contributed by atoms with van der Waals surface area (Å²) < 4.78 is 0. The van der Waals surface area contributed by atoms with Crippen LogP contribution in [0.5, 0.6) is 0 Å². The molecule has 1 aliphatic carbocycles. The lowest BCUT2D eigenvalue weighted by Gasteiger charge is -2.23. The zero-order valence-electron chi connectivity index (χ0n) is 15.2. The summed E-state index contributed by atoms with van der Waals surface area (Å²) in [7, 11) is 1.61. The topological polar surface area (TPSA) is 62.3 Å². The lowest BCUT2D eigenvalue weighted by Crippen LogP contribution is -2.33. The number of pyridine rings is 1. The number of nitrogens with one attached hydrogen (secondary N) is 1. The highest BCUT2D eigenvalue weighted by molar-refractivity contribution is 6.05. The van der Waals surface area contributed by atoms with E-state index in [2.05, 4.69) is 10.3 Å². The molecule has 0 saturated heterocycles. The lowest BCUT2D eigenvalue weighted by molar-refractivity contribution is 0.0725. The summed E-state index contributed by atoms with van der Waals surface area (Å²) in [6.07, 6.45) is 3.73. The monoisotopic (exact) mass is 359 g/mol. The lowest BCUT2D eigenvalue weighted by atomic mass is 10.1. The van der Waals surface area contributed by atoms with Crippen LogP contribution in [0.1, 0.15) is 39.3 Å². The average molecular weight is 359 g/mol. The summed E-state index contributed by atoms with van der Waals surface area (Å²) in [6, 6.07) is 17.4. The first-order valence-electron chi connectivity index (χ1n) is 9.13. The fourth-order valence-corrected chi connectivity index (χ4v) is 3.28. The quantitative estimate of drug-likeness (QED) is 0.759. The van der Waals surface area contributed by atoms with Crippen molar-refractivity contribution in [3.63, 3.8) is 0 Å². The Labute approximate surface area is 158 Å². The van der Waals surface area contributed by atoms with Gasteiger partial charge in [0, 0.05) is 36.8 Å². The highest BCUT2D eigenvalue weighted by Crippen LogP contribution is 2.31. The van der Waals surface area contributed by atoms with Gasteiger partial charge >= 0.3 is 0 Å².